The molecule has 1 aliphatic rings. The van der Waals surface area contributed by atoms with Crippen molar-refractivity contribution in [3.8, 4) is 0 Å². The quantitative estimate of drug-likeness (QED) is 0.585. The van der Waals surface area contributed by atoms with Gasteiger partial charge in [0.25, 0.3) is 0 Å². The third kappa shape index (κ3) is 3.87. The highest BCUT2D eigenvalue weighted by Crippen LogP contribution is 2.35. The minimum Gasteiger partial charge on any atom is -0.381 e. The second-order valence-corrected chi connectivity index (χ2v) is 6.70. The summed E-state index contributed by atoms with van der Waals surface area (Å²) in [7, 11) is -5.70. The zero-order chi connectivity index (χ0) is 16.5. The van der Waals surface area contributed by atoms with Crippen molar-refractivity contribution in [3.05, 3.63) is 45.6 Å². The van der Waals surface area contributed by atoms with Crippen LogP contribution >= 0.6 is 23.2 Å². The summed E-state index contributed by atoms with van der Waals surface area (Å²) in [6.07, 6.45) is 0.218. The summed E-state index contributed by atoms with van der Waals surface area (Å²) in [5.74, 6) is -0.348. The van der Waals surface area contributed by atoms with Gasteiger partial charge in [-0.15, -0.1) is 0 Å². The zero-order valence-corrected chi connectivity index (χ0v) is 13.1. The Labute approximate surface area is 134 Å². The summed E-state index contributed by atoms with van der Waals surface area (Å²) in [5.41, 5.74) is -5.05. The lowest BCUT2D eigenvalue weighted by Crippen LogP contribution is -2.26. The van der Waals surface area contributed by atoms with E-state index in [2.05, 4.69) is 4.18 Å². The van der Waals surface area contributed by atoms with Crippen LogP contribution in [-0.2, 0) is 19.0 Å². The largest absolute Gasteiger partial charge is 0.534 e. The summed E-state index contributed by atoms with van der Waals surface area (Å²) in [6, 6.07) is 4.51. The van der Waals surface area contributed by atoms with E-state index in [-0.39, 0.29) is 23.8 Å². The molecule has 10 heteroatoms. The molecule has 1 aliphatic heterocycles. The second-order valence-electron chi connectivity index (χ2n) is 4.32. The maximum absolute atomic E-state index is 12.3. The fourth-order valence-corrected chi connectivity index (χ4v) is 2.79. The third-order valence-corrected chi connectivity index (χ3v) is 4.32. The van der Waals surface area contributed by atoms with E-state index in [1.165, 1.54) is 18.2 Å². The van der Waals surface area contributed by atoms with Gasteiger partial charge in [-0.3, -0.25) is 0 Å². The number of hydrogen-bond donors (Lipinski definition) is 0. The molecule has 1 atom stereocenters. The fourth-order valence-electron chi connectivity index (χ4n) is 1.76. The van der Waals surface area contributed by atoms with E-state index in [0.29, 0.717) is 10.6 Å². The van der Waals surface area contributed by atoms with Gasteiger partial charge in [0.05, 0.1) is 6.61 Å². The van der Waals surface area contributed by atoms with Gasteiger partial charge in [0.1, 0.15) is 11.9 Å². The highest BCUT2D eigenvalue weighted by molar-refractivity contribution is 7.87. The molecule has 0 aliphatic carbocycles. The number of halogens is 5. The first kappa shape index (κ1) is 17.4. The molecule has 0 saturated carbocycles. The van der Waals surface area contributed by atoms with Crippen LogP contribution in [0.4, 0.5) is 13.2 Å². The number of ether oxygens (including phenoxy) is 1. The van der Waals surface area contributed by atoms with Gasteiger partial charge >= 0.3 is 15.6 Å². The number of rotatable bonds is 3. The first-order valence-electron chi connectivity index (χ1n) is 5.88. The monoisotopic (exact) mass is 376 g/mol. The molecule has 122 valence electrons. The van der Waals surface area contributed by atoms with Crippen molar-refractivity contribution in [3.63, 3.8) is 0 Å². The van der Waals surface area contributed by atoms with Crippen LogP contribution in [0.5, 0.6) is 0 Å². The average Bonchev–Trinajstić information content (AvgIpc) is 2.37. The van der Waals surface area contributed by atoms with E-state index < -0.39 is 21.7 Å². The van der Waals surface area contributed by atoms with Crippen molar-refractivity contribution < 1.29 is 30.5 Å². The summed E-state index contributed by atoms with van der Waals surface area (Å²) in [5, 5.41) is 0.623. The van der Waals surface area contributed by atoms with E-state index in [9.17, 15) is 21.6 Å². The maximum atomic E-state index is 12.3. The van der Waals surface area contributed by atoms with Gasteiger partial charge in [-0.25, -0.2) is 0 Å². The van der Waals surface area contributed by atoms with Crippen molar-refractivity contribution in [1.29, 1.82) is 0 Å². The highest BCUT2D eigenvalue weighted by atomic mass is 35.5. The van der Waals surface area contributed by atoms with Crippen LogP contribution in [-0.4, -0.2) is 20.5 Å². The van der Waals surface area contributed by atoms with Crippen LogP contribution in [0, 0.1) is 0 Å². The highest BCUT2D eigenvalue weighted by Gasteiger charge is 2.49. The Morgan fingerprint density at radius 2 is 1.95 bits per heavy atom. The lowest BCUT2D eigenvalue weighted by atomic mass is 10.1. The molecule has 1 aromatic rings. The standard InChI is InChI=1S/C12H9Cl2F3O4S/c13-7-1-2-9(10(14)5-7)11-6-8(3-4-20-11)21-22(18,19)12(15,16)17/h1-2,5-6,11H,3-4H2. The molecule has 0 fully saturated rings. The molecule has 0 saturated heterocycles. The minimum absolute atomic E-state index is 0.0111. The van der Waals surface area contributed by atoms with Gasteiger partial charge in [0.15, 0.2) is 0 Å². The Morgan fingerprint density at radius 1 is 1.27 bits per heavy atom. The average molecular weight is 377 g/mol. The Hall–Kier alpha value is -0.960. The molecular weight excluding hydrogens is 368 g/mol. The molecule has 1 heterocycles. The second kappa shape index (κ2) is 6.27. The Balaban J connectivity index is 2.27. The fraction of sp³-hybridized carbons (Fsp3) is 0.333. The molecule has 0 bridgehead atoms. The van der Waals surface area contributed by atoms with Crippen molar-refractivity contribution >= 4 is 33.3 Å². The minimum atomic E-state index is -5.70. The lowest BCUT2D eigenvalue weighted by molar-refractivity contribution is -0.0530. The Kier molecular flexibility index (Phi) is 4.96. The summed E-state index contributed by atoms with van der Waals surface area (Å²) < 4.78 is 68.4. The van der Waals surface area contributed by atoms with Gasteiger partial charge in [-0.2, -0.15) is 21.6 Å². The van der Waals surface area contributed by atoms with Gasteiger partial charge < -0.3 is 8.92 Å². The molecule has 0 aromatic heterocycles. The molecule has 22 heavy (non-hydrogen) atoms. The predicted molar refractivity (Wildman–Crippen MR) is 73.9 cm³/mol. The Bertz CT molecular complexity index is 701. The molecule has 1 unspecified atom stereocenters. The summed E-state index contributed by atoms with van der Waals surface area (Å²) in [6.45, 7) is -0.0111. The van der Waals surface area contributed by atoms with Crippen LogP contribution in [0.1, 0.15) is 18.1 Å². The van der Waals surface area contributed by atoms with Crippen molar-refractivity contribution in [2.24, 2.45) is 0 Å². The van der Waals surface area contributed by atoms with E-state index in [4.69, 9.17) is 27.9 Å². The SMILES string of the molecule is O=S(=O)(OC1=CC(c2ccc(Cl)cc2Cl)OCC1)C(F)(F)F. The predicted octanol–water partition coefficient (Wildman–Crippen LogP) is 4.20. The number of benzene rings is 1. The Morgan fingerprint density at radius 3 is 2.55 bits per heavy atom. The van der Waals surface area contributed by atoms with Crippen LogP contribution in [0.2, 0.25) is 10.0 Å². The summed E-state index contributed by atoms with van der Waals surface area (Å²) >= 11 is 11.7. The molecule has 0 amide bonds. The first-order chi connectivity index (χ1) is 10.1. The van der Waals surface area contributed by atoms with Crippen molar-refractivity contribution in [2.75, 3.05) is 6.61 Å². The third-order valence-electron chi connectivity index (χ3n) is 2.75. The molecule has 4 nitrogen and oxygen atoms in total. The maximum Gasteiger partial charge on any atom is 0.534 e. The van der Waals surface area contributed by atoms with Gasteiger partial charge in [0.2, 0.25) is 0 Å². The van der Waals surface area contributed by atoms with Gasteiger partial charge in [0, 0.05) is 22.0 Å². The van der Waals surface area contributed by atoms with Crippen LogP contribution in [0.25, 0.3) is 0 Å². The smallest absolute Gasteiger partial charge is 0.381 e. The molecule has 2 rings (SSSR count). The van der Waals surface area contributed by atoms with E-state index in [0.717, 1.165) is 6.08 Å². The van der Waals surface area contributed by atoms with Crippen molar-refractivity contribution in [1.82, 2.24) is 0 Å². The number of hydrogen-bond acceptors (Lipinski definition) is 4. The van der Waals surface area contributed by atoms with Crippen LogP contribution in [0.3, 0.4) is 0 Å². The molecular formula is C12H9Cl2F3O4S. The molecule has 0 spiro atoms. The first-order valence-corrected chi connectivity index (χ1v) is 8.04. The zero-order valence-electron chi connectivity index (χ0n) is 10.7. The summed E-state index contributed by atoms with van der Waals surface area (Å²) in [4.78, 5) is 0. The van der Waals surface area contributed by atoms with Crippen LogP contribution in [0.15, 0.2) is 30.0 Å². The topological polar surface area (TPSA) is 52.6 Å². The van der Waals surface area contributed by atoms with Gasteiger partial charge in [-0.1, -0.05) is 29.3 Å². The van der Waals surface area contributed by atoms with E-state index in [1.54, 1.807) is 0 Å². The molecule has 0 radical (unpaired) electrons. The molecule has 1 aromatic carbocycles. The van der Waals surface area contributed by atoms with Gasteiger partial charge in [-0.05, 0) is 18.2 Å². The van der Waals surface area contributed by atoms with Crippen molar-refractivity contribution in [2.45, 2.75) is 18.0 Å². The lowest BCUT2D eigenvalue weighted by Gasteiger charge is -2.23. The number of alkyl halides is 3. The van der Waals surface area contributed by atoms with E-state index >= 15 is 0 Å². The van der Waals surface area contributed by atoms with Crippen LogP contribution < -0.4 is 0 Å². The van der Waals surface area contributed by atoms with E-state index in [1.807, 2.05) is 0 Å². The molecule has 0 N–H and O–H groups in total. The normalized spacial score (nSPS) is 19.7.